The van der Waals surface area contributed by atoms with Gasteiger partial charge in [-0.2, -0.15) is 0 Å². The van der Waals surface area contributed by atoms with Crippen LogP contribution >= 0.6 is 11.3 Å². The smallest absolute Gasteiger partial charge is 0.315 e. The van der Waals surface area contributed by atoms with Gasteiger partial charge in [0.25, 0.3) is 5.70 Å². The molecule has 3 rings (SSSR count). The number of rotatable bonds is 4. The van der Waals surface area contributed by atoms with Crippen LogP contribution in [0, 0.1) is 29.9 Å². The van der Waals surface area contributed by atoms with Crippen LogP contribution in [0.4, 0.5) is 10.7 Å². The molecule has 2 atom stereocenters. The number of aryl methyl sites for hydroxylation is 1. The van der Waals surface area contributed by atoms with Crippen LogP contribution in [0.15, 0.2) is 11.3 Å². The zero-order valence-corrected chi connectivity index (χ0v) is 21.6. The summed E-state index contributed by atoms with van der Waals surface area (Å²) in [4.78, 5) is 32.0. The van der Waals surface area contributed by atoms with E-state index in [-0.39, 0.29) is 17.6 Å². The minimum absolute atomic E-state index is 0.0558. The zero-order valence-electron chi connectivity index (χ0n) is 20.8. The molecule has 2 unspecified atom stereocenters. The molecule has 8 nitrogen and oxygen atoms in total. The van der Waals surface area contributed by atoms with Gasteiger partial charge in [0.15, 0.2) is 0 Å². The maximum absolute atomic E-state index is 12.2. The minimum atomic E-state index is -0.788. The summed E-state index contributed by atoms with van der Waals surface area (Å²) < 4.78 is 10.2. The Balaban J connectivity index is 0.000000247. The summed E-state index contributed by atoms with van der Waals surface area (Å²) in [6.45, 7) is 22.1. The maximum Gasteiger partial charge on any atom is 0.315 e. The van der Waals surface area contributed by atoms with Gasteiger partial charge in [0, 0.05) is 0 Å². The average Bonchev–Trinajstić information content (AvgIpc) is 3.18. The summed E-state index contributed by atoms with van der Waals surface area (Å²) in [7, 11) is 0. The van der Waals surface area contributed by atoms with Crippen LogP contribution in [0.2, 0.25) is 0 Å². The lowest BCUT2D eigenvalue weighted by molar-refractivity contribution is -0.153. The molecule has 1 heterocycles. The van der Waals surface area contributed by atoms with Crippen molar-refractivity contribution >= 4 is 34.0 Å². The number of anilines is 1. The lowest BCUT2D eigenvalue weighted by Gasteiger charge is -2.34. The van der Waals surface area contributed by atoms with Gasteiger partial charge in [-0.3, -0.25) is 9.59 Å². The van der Waals surface area contributed by atoms with Crippen molar-refractivity contribution in [2.45, 2.75) is 78.1 Å². The molecular weight excluding hydrogens is 464 g/mol. The second kappa shape index (κ2) is 11.9. The molecule has 35 heavy (non-hydrogen) atoms. The number of hydrogen-bond acceptors (Lipinski definition) is 7. The number of carbonyl (C=O) groups excluding carboxylic acids is 2. The highest BCUT2D eigenvalue weighted by Crippen LogP contribution is 2.50. The highest BCUT2D eigenvalue weighted by Gasteiger charge is 2.44. The third-order valence-corrected chi connectivity index (χ3v) is 7.77. The lowest BCUT2D eigenvalue weighted by Crippen LogP contribution is -2.37. The monoisotopic (exact) mass is 496 g/mol. The van der Waals surface area contributed by atoms with E-state index in [1.165, 1.54) is 11.3 Å². The first-order valence-electron chi connectivity index (χ1n) is 11.8. The van der Waals surface area contributed by atoms with Gasteiger partial charge in [0.05, 0.1) is 48.3 Å². The van der Waals surface area contributed by atoms with Gasteiger partial charge >= 0.3 is 11.9 Å². The number of hydrogen-bond donors (Lipinski definition) is 1. The Morgan fingerprint density at radius 2 is 1.66 bits per heavy atom. The van der Waals surface area contributed by atoms with Gasteiger partial charge in [-0.15, -0.1) is 11.3 Å². The largest absolute Gasteiger partial charge is 0.465 e. The SMILES string of the molecule is [C-]#[N+]/C(C#N)=C1\CCCCC1(C)C(=O)OCC.[C-]#[N+]c1c(N)sc2c1C(C)(C(=O)OCC)CCC2. The molecule has 0 spiro atoms. The maximum atomic E-state index is 12.2. The fourth-order valence-corrected chi connectivity index (χ4v) is 6.01. The van der Waals surface area contributed by atoms with E-state index in [4.69, 9.17) is 33.6 Å². The Morgan fingerprint density at radius 1 is 1.06 bits per heavy atom. The Labute approximate surface area is 211 Å². The van der Waals surface area contributed by atoms with E-state index in [0.717, 1.165) is 42.5 Å². The summed E-state index contributed by atoms with van der Waals surface area (Å²) in [6, 6.07) is 1.89. The molecule has 0 radical (unpaired) electrons. The number of nitrogen functional groups attached to an aromatic ring is 1. The van der Waals surface area contributed by atoms with Crippen LogP contribution in [0.1, 0.15) is 76.7 Å². The van der Waals surface area contributed by atoms with Crippen molar-refractivity contribution in [3.05, 3.63) is 44.5 Å². The van der Waals surface area contributed by atoms with Crippen molar-refractivity contribution in [2.24, 2.45) is 5.41 Å². The molecule has 1 fully saturated rings. The average molecular weight is 497 g/mol. The van der Waals surface area contributed by atoms with Crippen LogP contribution in [0.3, 0.4) is 0 Å². The number of ether oxygens (including phenoxy) is 2. The number of esters is 2. The molecule has 0 aliphatic heterocycles. The molecule has 0 saturated heterocycles. The third-order valence-electron chi connectivity index (χ3n) is 6.70. The van der Waals surface area contributed by atoms with Crippen molar-refractivity contribution in [3.63, 3.8) is 0 Å². The van der Waals surface area contributed by atoms with Gasteiger partial charge < -0.3 is 15.2 Å². The highest BCUT2D eigenvalue weighted by molar-refractivity contribution is 7.16. The molecule has 1 aromatic rings. The van der Waals surface area contributed by atoms with Crippen molar-refractivity contribution in [3.8, 4) is 6.07 Å². The van der Waals surface area contributed by atoms with Gasteiger partial charge in [-0.05, 0) is 75.8 Å². The van der Waals surface area contributed by atoms with Crippen molar-refractivity contribution in [1.82, 2.24) is 0 Å². The van der Waals surface area contributed by atoms with E-state index in [1.807, 2.05) is 13.0 Å². The van der Waals surface area contributed by atoms with E-state index in [1.54, 1.807) is 20.8 Å². The standard InChI is InChI=1S/C13H16N2O2S.C13H16N2O2/c1-4-17-12(16)13(2)7-5-6-8-9(13)10(15-3)11(14)18-8;1-4-17-12(16)13(2)8-6-5-7-10(13)11(9-14)15-3/h4-7,14H2,1-2H3;4-8H2,1-2H3/b;11-10+. The summed E-state index contributed by atoms with van der Waals surface area (Å²) in [6.07, 6.45) is 5.69. The minimum Gasteiger partial charge on any atom is -0.465 e. The van der Waals surface area contributed by atoms with Crippen molar-refractivity contribution in [2.75, 3.05) is 18.9 Å². The molecular formula is C26H32N4O4S. The second-order valence-corrected chi connectivity index (χ2v) is 10.1. The third kappa shape index (κ3) is 5.50. The van der Waals surface area contributed by atoms with E-state index in [2.05, 4.69) is 9.69 Å². The number of nitriles is 1. The van der Waals surface area contributed by atoms with Crippen molar-refractivity contribution < 1.29 is 19.1 Å². The van der Waals surface area contributed by atoms with Gasteiger partial charge in [0.1, 0.15) is 0 Å². The van der Waals surface area contributed by atoms with E-state index in [9.17, 15) is 9.59 Å². The number of nitrogens with two attached hydrogens (primary N) is 1. The molecule has 186 valence electrons. The first-order valence-corrected chi connectivity index (χ1v) is 12.6. The molecule has 0 amide bonds. The van der Waals surface area contributed by atoms with E-state index >= 15 is 0 Å². The molecule has 1 aromatic heterocycles. The molecule has 0 bridgehead atoms. The fourth-order valence-electron chi connectivity index (χ4n) is 4.83. The molecule has 2 aliphatic rings. The highest BCUT2D eigenvalue weighted by atomic mass is 32.1. The molecule has 2 N–H and O–H groups in total. The van der Waals surface area contributed by atoms with Crippen LogP contribution in [-0.2, 0) is 30.9 Å². The van der Waals surface area contributed by atoms with E-state index in [0.29, 0.717) is 42.3 Å². The zero-order chi connectivity index (χ0) is 26.2. The van der Waals surface area contributed by atoms with Crippen LogP contribution in [0.5, 0.6) is 0 Å². The lowest BCUT2D eigenvalue weighted by atomic mass is 9.71. The Morgan fingerprint density at radius 3 is 2.20 bits per heavy atom. The summed E-state index contributed by atoms with van der Waals surface area (Å²) in [5.41, 5.74) is 6.35. The second-order valence-electron chi connectivity index (χ2n) is 8.94. The number of carbonyl (C=O) groups is 2. The Kier molecular flexibility index (Phi) is 9.46. The van der Waals surface area contributed by atoms with Gasteiger partial charge in [0.2, 0.25) is 5.69 Å². The number of fused-ring (bicyclic) bond motifs is 1. The molecule has 0 aromatic carbocycles. The summed E-state index contributed by atoms with van der Waals surface area (Å²) in [5.74, 6) is -0.556. The first-order chi connectivity index (χ1) is 16.6. The predicted octanol–water partition coefficient (Wildman–Crippen LogP) is 5.86. The normalized spacial score (nSPS) is 24.3. The van der Waals surface area contributed by atoms with Crippen molar-refractivity contribution in [1.29, 1.82) is 5.26 Å². The quantitative estimate of drug-likeness (QED) is 0.317. The van der Waals surface area contributed by atoms with Crippen LogP contribution in [0.25, 0.3) is 9.69 Å². The van der Waals surface area contributed by atoms with Crippen LogP contribution in [-0.4, -0.2) is 25.2 Å². The first kappa shape index (κ1) is 27.9. The van der Waals surface area contributed by atoms with Gasteiger partial charge in [-0.1, -0.05) is 12.8 Å². The Bertz CT molecular complexity index is 1120. The van der Waals surface area contributed by atoms with Crippen LogP contribution < -0.4 is 5.73 Å². The number of allylic oxidation sites excluding steroid dienone is 1. The summed E-state index contributed by atoms with van der Waals surface area (Å²) >= 11 is 1.44. The fraction of sp³-hybridized carbons (Fsp3) is 0.577. The topological polar surface area (TPSA) is 111 Å². The molecule has 9 heteroatoms. The number of nitrogens with zero attached hydrogens (tertiary/aromatic N) is 3. The molecule has 1 saturated carbocycles. The summed E-state index contributed by atoms with van der Waals surface area (Å²) in [5, 5.41) is 9.47. The predicted molar refractivity (Wildman–Crippen MR) is 134 cm³/mol. The van der Waals surface area contributed by atoms with Gasteiger partial charge in [-0.25, -0.2) is 15.0 Å². The van der Waals surface area contributed by atoms with E-state index < -0.39 is 10.8 Å². The Hall–Kier alpha value is -3.35. The number of thiophene rings is 1. The molecule has 2 aliphatic carbocycles.